The molecule has 32 heavy (non-hydrogen) atoms. The molecular formula is C22H22N6O3S. The minimum absolute atomic E-state index is 0.148. The molecule has 0 saturated carbocycles. The summed E-state index contributed by atoms with van der Waals surface area (Å²) in [4.78, 5) is 35.9. The number of rotatable bonds is 7. The maximum absolute atomic E-state index is 12.5. The third-order valence-electron chi connectivity index (χ3n) is 4.92. The van der Waals surface area contributed by atoms with Gasteiger partial charge in [0, 0.05) is 30.3 Å². The third kappa shape index (κ3) is 5.14. The van der Waals surface area contributed by atoms with Gasteiger partial charge in [-0.15, -0.1) is 10.2 Å². The predicted molar refractivity (Wildman–Crippen MR) is 121 cm³/mol. The van der Waals surface area contributed by atoms with Gasteiger partial charge >= 0.3 is 6.03 Å². The molecule has 0 aliphatic carbocycles. The topological polar surface area (TPSA) is 118 Å². The Hall–Kier alpha value is -3.66. The summed E-state index contributed by atoms with van der Waals surface area (Å²) >= 11 is 1.27. The molecule has 3 N–H and O–H groups in total. The Balaban J connectivity index is 1.52. The fourth-order valence-electron chi connectivity index (χ4n) is 3.41. The molecule has 1 saturated heterocycles. The van der Waals surface area contributed by atoms with Crippen LogP contribution in [0.4, 0.5) is 10.5 Å². The van der Waals surface area contributed by atoms with Crippen LogP contribution in [0.5, 0.6) is 0 Å². The number of amides is 4. The van der Waals surface area contributed by atoms with Crippen molar-refractivity contribution in [1.82, 2.24) is 25.4 Å². The van der Waals surface area contributed by atoms with Gasteiger partial charge in [-0.2, -0.15) is 0 Å². The van der Waals surface area contributed by atoms with E-state index in [2.05, 4.69) is 26.1 Å². The number of hydrogen-bond donors (Lipinski definition) is 3. The van der Waals surface area contributed by atoms with Gasteiger partial charge < -0.3 is 10.6 Å². The standard InChI is InChI=1S/C22H22N6O3S/c1-14-7-5-6-10-17(14)24-20(30)13-32-22-27-26-18(28(22)16-8-3-2-4-9-16)11-15-12-19(29)25-21(31)23-15/h2-10,15H,11-13H2,1H3,(H,24,30)(H2,23,25,29,31). The van der Waals surface area contributed by atoms with E-state index >= 15 is 0 Å². The van der Waals surface area contributed by atoms with E-state index in [-0.39, 0.29) is 30.0 Å². The minimum Gasteiger partial charge on any atom is -0.334 e. The van der Waals surface area contributed by atoms with E-state index in [1.165, 1.54) is 11.8 Å². The quantitative estimate of drug-likeness (QED) is 0.476. The van der Waals surface area contributed by atoms with Crippen molar-refractivity contribution < 1.29 is 14.4 Å². The highest BCUT2D eigenvalue weighted by molar-refractivity contribution is 7.99. The van der Waals surface area contributed by atoms with Gasteiger partial charge in [0.15, 0.2) is 5.16 Å². The second-order valence-electron chi connectivity index (χ2n) is 7.35. The summed E-state index contributed by atoms with van der Waals surface area (Å²) in [5, 5.41) is 17.0. The van der Waals surface area contributed by atoms with Crippen molar-refractivity contribution in [2.45, 2.75) is 31.0 Å². The number of para-hydroxylation sites is 2. The molecule has 4 amide bonds. The summed E-state index contributed by atoms with van der Waals surface area (Å²) in [6, 6.07) is 16.2. The molecule has 0 spiro atoms. The lowest BCUT2D eigenvalue weighted by atomic mass is 10.1. The lowest BCUT2D eigenvalue weighted by molar-refractivity contribution is -0.121. The molecule has 1 aromatic heterocycles. The number of urea groups is 1. The largest absolute Gasteiger partial charge is 0.334 e. The maximum Gasteiger partial charge on any atom is 0.321 e. The Bertz CT molecular complexity index is 1130. The Morgan fingerprint density at radius 2 is 1.88 bits per heavy atom. The average molecular weight is 451 g/mol. The van der Waals surface area contributed by atoms with Crippen LogP contribution in [-0.4, -0.2) is 44.4 Å². The molecule has 1 unspecified atom stereocenters. The van der Waals surface area contributed by atoms with Crippen molar-refractivity contribution in [3.8, 4) is 5.69 Å². The van der Waals surface area contributed by atoms with Crippen LogP contribution in [0.25, 0.3) is 5.69 Å². The number of nitrogens with zero attached hydrogens (tertiary/aromatic N) is 3. The number of carbonyl (C=O) groups excluding carboxylic acids is 3. The van der Waals surface area contributed by atoms with Crippen molar-refractivity contribution >= 4 is 35.3 Å². The monoisotopic (exact) mass is 450 g/mol. The number of anilines is 1. The van der Waals surface area contributed by atoms with Crippen molar-refractivity contribution in [2.24, 2.45) is 0 Å². The summed E-state index contributed by atoms with van der Waals surface area (Å²) in [5.41, 5.74) is 2.59. The zero-order valence-electron chi connectivity index (χ0n) is 17.4. The van der Waals surface area contributed by atoms with Crippen molar-refractivity contribution in [2.75, 3.05) is 11.1 Å². The van der Waals surface area contributed by atoms with Gasteiger partial charge in [-0.1, -0.05) is 48.2 Å². The highest BCUT2D eigenvalue weighted by Crippen LogP contribution is 2.24. The number of imide groups is 1. The van der Waals surface area contributed by atoms with Crippen LogP contribution in [0.1, 0.15) is 17.8 Å². The van der Waals surface area contributed by atoms with Gasteiger partial charge in [0.05, 0.1) is 5.75 Å². The summed E-state index contributed by atoms with van der Waals surface area (Å²) in [7, 11) is 0. The number of hydrogen-bond acceptors (Lipinski definition) is 6. The van der Waals surface area contributed by atoms with E-state index in [9.17, 15) is 14.4 Å². The fraction of sp³-hybridized carbons (Fsp3) is 0.227. The summed E-state index contributed by atoms with van der Waals surface area (Å²) in [6.07, 6.45) is 0.492. The number of aryl methyl sites for hydroxylation is 1. The smallest absolute Gasteiger partial charge is 0.321 e. The van der Waals surface area contributed by atoms with E-state index < -0.39 is 6.03 Å². The predicted octanol–water partition coefficient (Wildman–Crippen LogP) is 2.45. The van der Waals surface area contributed by atoms with Crippen LogP contribution < -0.4 is 16.0 Å². The first-order valence-electron chi connectivity index (χ1n) is 10.1. The van der Waals surface area contributed by atoms with Crippen LogP contribution in [0.15, 0.2) is 59.8 Å². The molecule has 2 aromatic carbocycles. The van der Waals surface area contributed by atoms with Gasteiger partial charge in [0.25, 0.3) is 0 Å². The first-order chi connectivity index (χ1) is 15.5. The highest BCUT2D eigenvalue weighted by atomic mass is 32.2. The van der Waals surface area contributed by atoms with Crippen LogP contribution in [0.3, 0.4) is 0 Å². The second-order valence-corrected chi connectivity index (χ2v) is 8.29. The summed E-state index contributed by atoms with van der Waals surface area (Å²) < 4.78 is 1.85. The SMILES string of the molecule is Cc1ccccc1NC(=O)CSc1nnc(CC2CC(=O)NC(=O)N2)n1-c1ccccc1. The third-order valence-corrected chi connectivity index (χ3v) is 5.84. The van der Waals surface area contributed by atoms with Gasteiger partial charge in [0.2, 0.25) is 11.8 Å². The fourth-order valence-corrected chi connectivity index (χ4v) is 4.18. The summed E-state index contributed by atoms with van der Waals surface area (Å²) in [5.74, 6) is 0.275. The molecule has 1 aliphatic rings. The number of benzene rings is 2. The minimum atomic E-state index is -0.514. The molecule has 0 bridgehead atoms. The Morgan fingerprint density at radius 3 is 2.62 bits per heavy atom. The van der Waals surface area contributed by atoms with E-state index in [0.717, 1.165) is 16.9 Å². The highest BCUT2D eigenvalue weighted by Gasteiger charge is 2.27. The van der Waals surface area contributed by atoms with Gasteiger partial charge in [-0.25, -0.2) is 4.79 Å². The second kappa shape index (κ2) is 9.65. The first-order valence-corrected chi connectivity index (χ1v) is 11.1. The maximum atomic E-state index is 12.5. The van der Waals surface area contributed by atoms with Crippen LogP contribution in [-0.2, 0) is 16.0 Å². The van der Waals surface area contributed by atoms with Crippen LogP contribution in [0.2, 0.25) is 0 Å². The molecule has 1 atom stereocenters. The van der Waals surface area contributed by atoms with Crippen LogP contribution >= 0.6 is 11.8 Å². The molecule has 1 aliphatic heterocycles. The van der Waals surface area contributed by atoms with Gasteiger partial charge in [-0.05, 0) is 30.7 Å². The van der Waals surface area contributed by atoms with E-state index in [4.69, 9.17) is 0 Å². The average Bonchev–Trinajstić information content (AvgIpc) is 3.16. The molecule has 0 radical (unpaired) electrons. The first kappa shape index (κ1) is 21.6. The molecule has 1 fully saturated rings. The number of thioether (sulfide) groups is 1. The molecule has 4 rings (SSSR count). The van der Waals surface area contributed by atoms with Crippen molar-refractivity contribution in [1.29, 1.82) is 0 Å². The zero-order chi connectivity index (χ0) is 22.5. The lowest BCUT2D eigenvalue weighted by Gasteiger charge is -2.23. The molecule has 3 aromatic rings. The Morgan fingerprint density at radius 1 is 1.12 bits per heavy atom. The van der Waals surface area contributed by atoms with E-state index in [1.807, 2.05) is 66.1 Å². The van der Waals surface area contributed by atoms with Crippen LogP contribution in [0, 0.1) is 6.92 Å². The Labute approximate surface area is 189 Å². The lowest BCUT2D eigenvalue weighted by Crippen LogP contribution is -2.53. The number of nitrogens with one attached hydrogen (secondary N) is 3. The van der Waals surface area contributed by atoms with Gasteiger partial charge in [0.1, 0.15) is 5.82 Å². The Kier molecular flexibility index (Phi) is 6.50. The van der Waals surface area contributed by atoms with Crippen molar-refractivity contribution in [3.05, 3.63) is 66.0 Å². The molecule has 2 heterocycles. The summed E-state index contributed by atoms with van der Waals surface area (Å²) in [6.45, 7) is 1.94. The van der Waals surface area contributed by atoms with Gasteiger partial charge in [-0.3, -0.25) is 19.5 Å². The molecule has 164 valence electrons. The molecule has 10 heteroatoms. The number of aromatic nitrogens is 3. The number of carbonyl (C=O) groups is 3. The molecular weight excluding hydrogens is 428 g/mol. The zero-order valence-corrected chi connectivity index (χ0v) is 18.2. The molecule has 9 nitrogen and oxygen atoms in total. The van der Waals surface area contributed by atoms with E-state index in [1.54, 1.807) is 0 Å². The van der Waals surface area contributed by atoms with E-state index in [0.29, 0.717) is 17.4 Å². The normalized spacial score (nSPS) is 15.7. The van der Waals surface area contributed by atoms with Crippen molar-refractivity contribution in [3.63, 3.8) is 0 Å².